The molecule has 0 saturated carbocycles. The van der Waals surface area contributed by atoms with Crippen molar-refractivity contribution >= 4 is 0 Å². The molecule has 1 aromatic heterocycles. The van der Waals surface area contributed by atoms with Crippen LogP contribution in [0.2, 0.25) is 0 Å². The topological polar surface area (TPSA) is 46.6 Å². The molecule has 0 bridgehead atoms. The molecule has 2 heterocycles. The number of hydrogen-bond acceptors (Lipinski definition) is 5. The Kier molecular flexibility index (Phi) is 9.87. The third-order valence-corrected chi connectivity index (χ3v) is 6.50. The van der Waals surface area contributed by atoms with E-state index in [0.29, 0.717) is 0 Å². The molecule has 1 saturated heterocycles. The summed E-state index contributed by atoms with van der Waals surface area (Å²) in [6.45, 7) is 19.0. The molecular formula is C28H43N3O2. The summed E-state index contributed by atoms with van der Waals surface area (Å²) in [7, 11) is 0. The number of hydrogen-bond donors (Lipinski definition) is 1. The van der Waals surface area contributed by atoms with E-state index >= 15 is 0 Å². The zero-order valence-corrected chi connectivity index (χ0v) is 21.5. The summed E-state index contributed by atoms with van der Waals surface area (Å²) in [6, 6.07) is 9.00. The highest BCUT2D eigenvalue weighted by Crippen LogP contribution is 2.31. The number of benzene rings is 1. The summed E-state index contributed by atoms with van der Waals surface area (Å²) < 4.78 is 11.5. The lowest BCUT2D eigenvalue weighted by Gasteiger charge is -2.36. The lowest BCUT2D eigenvalue weighted by atomic mass is 9.92. The van der Waals surface area contributed by atoms with Crippen molar-refractivity contribution in [2.75, 3.05) is 32.8 Å². The van der Waals surface area contributed by atoms with Crippen LogP contribution in [0.1, 0.15) is 62.6 Å². The molecule has 1 aliphatic rings. The number of pyridine rings is 1. The minimum Gasteiger partial charge on any atom is -0.380 e. The van der Waals surface area contributed by atoms with Crippen molar-refractivity contribution < 1.29 is 9.47 Å². The smallest absolute Gasteiger partial charge is 0.0714 e. The van der Waals surface area contributed by atoms with E-state index in [1.807, 2.05) is 6.92 Å². The summed E-state index contributed by atoms with van der Waals surface area (Å²) in [5.74, 6) is 0. The van der Waals surface area contributed by atoms with E-state index in [-0.39, 0.29) is 12.2 Å². The predicted molar refractivity (Wildman–Crippen MR) is 137 cm³/mol. The molecule has 0 spiro atoms. The van der Waals surface area contributed by atoms with Crippen molar-refractivity contribution in [2.24, 2.45) is 0 Å². The number of aromatic nitrogens is 1. The van der Waals surface area contributed by atoms with E-state index in [1.165, 1.54) is 27.8 Å². The fraction of sp³-hybridized carbons (Fsp3) is 0.607. The van der Waals surface area contributed by atoms with E-state index in [2.05, 4.69) is 69.1 Å². The van der Waals surface area contributed by atoms with Crippen molar-refractivity contribution in [1.82, 2.24) is 15.2 Å². The van der Waals surface area contributed by atoms with Crippen LogP contribution in [0.5, 0.6) is 0 Å². The maximum Gasteiger partial charge on any atom is 0.0714 e. The van der Waals surface area contributed by atoms with Crippen molar-refractivity contribution in [1.29, 1.82) is 0 Å². The molecular weight excluding hydrogens is 410 g/mol. The molecule has 5 heteroatoms. The second-order valence-electron chi connectivity index (χ2n) is 9.21. The summed E-state index contributed by atoms with van der Waals surface area (Å²) in [5.41, 5.74) is 9.00. The second-order valence-corrected chi connectivity index (χ2v) is 9.21. The summed E-state index contributed by atoms with van der Waals surface area (Å²) >= 11 is 0. The van der Waals surface area contributed by atoms with E-state index in [1.54, 1.807) is 0 Å². The minimum atomic E-state index is 0.262. The zero-order valence-electron chi connectivity index (χ0n) is 21.5. The molecule has 1 aliphatic heterocycles. The third kappa shape index (κ3) is 6.86. The number of nitrogens with one attached hydrogen (secondary N) is 1. The molecule has 1 fully saturated rings. The predicted octanol–water partition coefficient (Wildman–Crippen LogP) is 4.92. The molecule has 1 N–H and O–H groups in total. The Bertz CT molecular complexity index is 867. The van der Waals surface area contributed by atoms with Gasteiger partial charge in [-0.25, -0.2) is 0 Å². The van der Waals surface area contributed by atoms with Gasteiger partial charge in [0.15, 0.2) is 0 Å². The maximum absolute atomic E-state index is 5.96. The first-order valence-electron chi connectivity index (χ1n) is 12.7. The van der Waals surface area contributed by atoms with Gasteiger partial charge in [0.1, 0.15) is 0 Å². The molecule has 2 atom stereocenters. The second kappa shape index (κ2) is 12.6. The van der Waals surface area contributed by atoms with Gasteiger partial charge in [0.25, 0.3) is 0 Å². The monoisotopic (exact) mass is 453 g/mol. The summed E-state index contributed by atoms with van der Waals surface area (Å²) in [5, 5.41) is 3.60. The Hall–Kier alpha value is -1.79. The Morgan fingerprint density at radius 2 is 1.73 bits per heavy atom. The van der Waals surface area contributed by atoms with Crippen molar-refractivity contribution in [2.45, 2.75) is 79.7 Å². The Labute approximate surface area is 200 Å². The van der Waals surface area contributed by atoms with Crippen LogP contribution >= 0.6 is 0 Å². The molecule has 0 radical (unpaired) electrons. The SMILES string of the molecule is CCOCCNCc1cc(-c2c(CC)cccc2CC)nc(C)c1CN1C[C@@H](C)O[C@H](C)C1. The zero-order chi connectivity index (χ0) is 23.8. The van der Waals surface area contributed by atoms with Gasteiger partial charge in [-0.2, -0.15) is 0 Å². The Balaban J connectivity index is 1.96. The molecule has 3 rings (SSSR count). The normalized spacial score (nSPS) is 19.2. The van der Waals surface area contributed by atoms with Gasteiger partial charge in [0.05, 0.1) is 24.5 Å². The van der Waals surface area contributed by atoms with E-state index in [0.717, 1.165) is 70.2 Å². The van der Waals surface area contributed by atoms with E-state index < -0.39 is 0 Å². The van der Waals surface area contributed by atoms with E-state index in [9.17, 15) is 0 Å². The van der Waals surface area contributed by atoms with Crippen LogP contribution in [0.4, 0.5) is 0 Å². The Morgan fingerprint density at radius 1 is 1.06 bits per heavy atom. The van der Waals surface area contributed by atoms with Crippen LogP contribution in [0.25, 0.3) is 11.3 Å². The van der Waals surface area contributed by atoms with Crippen LogP contribution in [0.15, 0.2) is 24.3 Å². The van der Waals surface area contributed by atoms with Crippen LogP contribution < -0.4 is 5.32 Å². The summed E-state index contributed by atoms with van der Waals surface area (Å²) in [6.07, 6.45) is 2.55. The molecule has 182 valence electrons. The highest BCUT2D eigenvalue weighted by molar-refractivity contribution is 5.69. The standard InChI is InChI=1S/C28H43N3O2/c1-7-23-11-10-12-24(8-2)28(23)27-15-25(16-29-13-14-32-9-3)26(22(6)30-27)19-31-17-20(4)33-21(5)18-31/h10-12,15,20-21,29H,7-9,13-14,16-19H2,1-6H3/t20-,21-/m1/s1. The van der Waals surface area contributed by atoms with Gasteiger partial charge in [-0.15, -0.1) is 0 Å². The van der Waals surface area contributed by atoms with Gasteiger partial charge in [0.2, 0.25) is 0 Å². The van der Waals surface area contributed by atoms with Crippen molar-refractivity contribution in [3.8, 4) is 11.3 Å². The quantitative estimate of drug-likeness (QED) is 0.490. The van der Waals surface area contributed by atoms with Crippen LogP contribution in [0.3, 0.4) is 0 Å². The fourth-order valence-corrected chi connectivity index (χ4v) is 4.99. The van der Waals surface area contributed by atoms with Gasteiger partial charge >= 0.3 is 0 Å². The molecule has 33 heavy (non-hydrogen) atoms. The molecule has 5 nitrogen and oxygen atoms in total. The van der Waals surface area contributed by atoms with E-state index in [4.69, 9.17) is 14.5 Å². The first-order chi connectivity index (χ1) is 16.0. The largest absolute Gasteiger partial charge is 0.380 e. The first kappa shape index (κ1) is 25.8. The highest BCUT2D eigenvalue weighted by Gasteiger charge is 2.24. The maximum atomic E-state index is 5.96. The number of morpholine rings is 1. The van der Waals surface area contributed by atoms with Gasteiger partial charge in [-0.1, -0.05) is 32.0 Å². The molecule has 1 aromatic carbocycles. The van der Waals surface area contributed by atoms with Crippen molar-refractivity contribution in [3.63, 3.8) is 0 Å². The first-order valence-corrected chi connectivity index (χ1v) is 12.7. The number of rotatable bonds is 11. The molecule has 0 amide bonds. The van der Waals surface area contributed by atoms with Crippen LogP contribution in [-0.2, 0) is 35.4 Å². The lowest BCUT2D eigenvalue weighted by Crippen LogP contribution is -2.45. The van der Waals surface area contributed by atoms with Gasteiger partial charge in [-0.3, -0.25) is 9.88 Å². The highest BCUT2D eigenvalue weighted by atomic mass is 16.5. The third-order valence-electron chi connectivity index (χ3n) is 6.50. The number of ether oxygens (including phenoxy) is 2. The number of nitrogens with zero attached hydrogens (tertiary/aromatic N) is 2. The molecule has 0 aliphatic carbocycles. The average Bonchev–Trinajstić information content (AvgIpc) is 2.79. The lowest BCUT2D eigenvalue weighted by molar-refractivity contribution is -0.0706. The van der Waals surface area contributed by atoms with Crippen LogP contribution in [0, 0.1) is 6.92 Å². The van der Waals surface area contributed by atoms with Crippen LogP contribution in [-0.4, -0.2) is 54.9 Å². The summed E-state index contributed by atoms with van der Waals surface area (Å²) in [4.78, 5) is 7.69. The van der Waals surface area contributed by atoms with Gasteiger partial charge < -0.3 is 14.8 Å². The van der Waals surface area contributed by atoms with Gasteiger partial charge in [-0.05, 0) is 68.9 Å². The fourth-order valence-electron chi connectivity index (χ4n) is 4.99. The molecule has 0 unspecified atom stereocenters. The Morgan fingerprint density at radius 3 is 2.33 bits per heavy atom. The average molecular weight is 454 g/mol. The van der Waals surface area contributed by atoms with Crippen molar-refractivity contribution in [3.05, 3.63) is 52.2 Å². The number of aryl methyl sites for hydroxylation is 3. The molecule has 2 aromatic rings. The van der Waals surface area contributed by atoms with Gasteiger partial charge in [0, 0.05) is 50.6 Å². The minimum absolute atomic E-state index is 0.262.